The van der Waals surface area contributed by atoms with Crippen LogP contribution in [0.3, 0.4) is 0 Å². The van der Waals surface area contributed by atoms with E-state index in [1.165, 1.54) is 11.0 Å². The second kappa shape index (κ2) is 8.05. The highest BCUT2D eigenvalue weighted by Gasteiger charge is 2.40. The smallest absolute Gasteiger partial charge is 0.433 e. The number of amides is 2. The minimum absolute atomic E-state index is 0.0406. The van der Waals surface area contributed by atoms with Gasteiger partial charge in [-0.25, -0.2) is 0 Å². The van der Waals surface area contributed by atoms with Crippen LogP contribution in [-0.2, 0) is 4.79 Å². The van der Waals surface area contributed by atoms with Gasteiger partial charge in [0.1, 0.15) is 10.7 Å². The van der Waals surface area contributed by atoms with Gasteiger partial charge < -0.3 is 23.9 Å². The van der Waals surface area contributed by atoms with E-state index >= 15 is 0 Å². The van der Waals surface area contributed by atoms with Crippen LogP contribution in [0.1, 0.15) is 10.6 Å². The van der Waals surface area contributed by atoms with Gasteiger partial charge in [-0.2, -0.15) is 0 Å². The average molecular weight is 414 g/mol. The minimum Gasteiger partial charge on any atom is -0.497 e. The van der Waals surface area contributed by atoms with Crippen molar-refractivity contribution in [3.63, 3.8) is 0 Å². The Kier molecular flexibility index (Phi) is 5.30. The first-order valence-electron chi connectivity index (χ1n) is 9.67. The molecule has 0 spiro atoms. The molecule has 4 rings (SSSR count). The van der Waals surface area contributed by atoms with E-state index in [2.05, 4.69) is 4.90 Å². The van der Waals surface area contributed by atoms with Gasteiger partial charge in [-0.3, -0.25) is 19.7 Å². The number of benzene rings is 1. The Hall–Kier alpha value is -3.56. The number of anilines is 1. The summed E-state index contributed by atoms with van der Waals surface area (Å²) in [6.45, 7) is 3.32. The Morgan fingerprint density at radius 3 is 2.27 bits per heavy atom. The van der Waals surface area contributed by atoms with Crippen molar-refractivity contribution in [1.82, 2.24) is 9.80 Å². The molecule has 30 heavy (non-hydrogen) atoms. The third-order valence-electron chi connectivity index (χ3n) is 5.53. The Bertz CT molecular complexity index is 942. The zero-order valence-electron chi connectivity index (χ0n) is 16.5. The largest absolute Gasteiger partial charge is 0.497 e. The van der Waals surface area contributed by atoms with Crippen molar-refractivity contribution >= 4 is 23.4 Å². The third kappa shape index (κ3) is 3.80. The number of carbonyl (C=O) groups is 2. The number of ether oxygens (including phenoxy) is 1. The maximum absolute atomic E-state index is 12.7. The van der Waals surface area contributed by atoms with E-state index in [4.69, 9.17) is 9.15 Å². The van der Waals surface area contributed by atoms with Crippen LogP contribution in [0.15, 0.2) is 40.8 Å². The fraction of sp³-hybridized carbons (Fsp3) is 0.400. The molecule has 2 aliphatic heterocycles. The zero-order valence-corrected chi connectivity index (χ0v) is 16.5. The molecule has 10 heteroatoms. The average Bonchev–Trinajstić information content (AvgIpc) is 3.23. The van der Waals surface area contributed by atoms with Crippen LogP contribution >= 0.6 is 0 Å². The van der Waals surface area contributed by atoms with E-state index in [0.717, 1.165) is 30.6 Å². The third-order valence-corrected chi connectivity index (χ3v) is 5.53. The van der Waals surface area contributed by atoms with Crippen LogP contribution in [0.4, 0.5) is 11.6 Å². The summed E-state index contributed by atoms with van der Waals surface area (Å²) in [5, 5.41) is 10.7. The van der Waals surface area contributed by atoms with Crippen molar-refractivity contribution in [2.24, 2.45) is 5.92 Å². The van der Waals surface area contributed by atoms with E-state index in [0.29, 0.717) is 26.2 Å². The van der Waals surface area contributed by atoms with Crippen molar-refractivity contribution < 1.29 is 23.7 Å². The molecule has 2 fully saturated rings. The zero-order chi connectivity index (χ0) is 21.3. The highest BCUT2D eigenvalue weighted by Crippen LogP contribution is 2.25. The van der Waals surface area contributed by atoms with E-state index in [1.54, 1.807) is 7.11 Å². The van der Waals surface area contributed by atoms with Crippen LogP contribution in [0.5, 0.6) is 5.75 Å². The van der Waals surface area contributed by atoms with E-state index in [-0.39, 0.29) is 17.6 Å². The molecule has 0 saturated carbocycles. The molecule has 1 aromatic carbocycles. The highest BCUT2D eigenvalue weighted by molar-refractivity contribution is 5.94. The maximum atomic E-state index is 12.7. The predicted octanol–water partition coefficient (Wildman–Crippen LogP) is 1.62. The molecular formula is C20H22N4O6. The molecule has 2 aliphatic rings. The first-order chi connectivity index (χ1) is 14.5. The Labute approximate surface area is 172 Å². The van der Waals surface area contributed by atoms with Gasteiger partial charge >= 0.3 is 5.88 Å². The lowest BCUT2D eigenvalue weighted by atomic mass is 9.97. The summed E-state index contributed by atoms with van der Waals surface area (Å²) >= 11 is 0. The number of carbonyl (C=O) groups excluding carboxylic acids is 2. The highest BCUT2D eigenvalue weighted by atomic mass is 16.6. The summed E-state index contributed by atoms with van der Waals surface area (Å²) in [6, 6.07) is 10.3. The maximum Gasteiger partial charge on any atom is 0.433 e. The Morgan fingerprint density at radius 2 is 1.70 bits per heavy atom. The van der Waals surface area contributed by atoms with Crippen molar-refractivity contribution in [3.05, 3.63) is 52.3 Å². The summed E-state index contributed by atoms with van der Waals surface area (Å²) in [5.74, 6) is -0.385. The number of nitrogens with zero attached hydrogens (tertiary/aromatic N) is 4. The first-order valence-corrected chi connectivity index (χ1v) is 9.67. The van der Waals surface area contributed by atoms with Crippen molar-refractivity contribution in [2.45, 2.75) is 0 Å². The van der Waals surface area contributed by atoms with Gasteiger partial charge in [0.2, 0.25) is 5.91 Å². The number of furan rings is 1. The number of piperazine rings is 1. The minimum atomic E-state index is -0.690. The Balaban J connectivity index is 1.26. The van der Waals surface area contributed by atoms with Gasteiger partial charge in [-0.1, -0.05) is 0 Å². The second-order valence-corrected chi connectivity index (χ2v) is 7.31. The van der Waals surface area contributed by atoms with Crippen LogP contribution in [0.25, 0.3) is 0 Å². The normalized spacial score (nSPS) is 16.9. The molecular weight excluding hydrogens is 392 g/mol. The van der Waals surface area contributed by atoms with Gasteiger partial charge in [0.05, 0.1) is 19.1 Å². The van der Waals surface area contributed by atoms with Crippen molar-refractivity contribution in [1.29, 1.82) is 0 Å². The summed E-state index contributed by atoms with van der Waals surface area (Å²) in [7, 11) is 1.63. The van der Waals surface area contributed by atoms with E-state index in [9.17, 15) is 19.7 Å². The molecule has 3 heterocycles. The topological polar surface area (TPSA) is 109 Å². The number of rotatable bonds is 5. The van der Waals surface area contributed by atoms with Gasteiger partial charge in [0, 0.05) is 45.0 Å². The molecule has 0 bridgehead atoms. The molecule has 2 aromatic rings. The van der Waals surface area contributed by atoms with Crippen LogP contribution in [-0.4, -0.2) is 72.9 Å². The molecule has 0 aliphatic carbocycles. The fourth-order valence-electron chi connectivity index (χ4n) is 3.73. The van der Waals surface area contributed by atoms with Crippen molar-refractivity contribution in [2.75, 3.05) is 51.3 Å². The number of likely N-dealkylation sites (tertiary alicyclic amines) is 1. The quantitative estimate of drug-likeness (QED) is 0.540. The lowest BCUT2D eigenvalue weighted by Crippen LogP contribution is -2.59. The lowest BCUT2D eigenvalue weighted by molar-refractivity contribution is -0.402. The van der Waals surface area contributed by atoms with Crippen molar-refractivity contribution in [3.8, 4) is 5.75 Å². The number of nitro groups is 1. The SMILES string of the molecule is COc1ccc(N2CCN(C(=O)C3CN(C(=O)c4ccc([N+](=O)[O-])o4)C3)CC2)cc1. The summed E-state index contributed by atoms with van der Waals surface area (Å²) in [5.41, 5.74) is 1.09. The molecule has 10 nitrogen and oxygen atoms in total. The molecule has 2 amide bonds. The number of hydrogen-bond acceptors (Lipinski definition) is 7. The van der Waals surface area contributed by atoms with Gasteiger partial charge in [0.25, 0.3) is 5.91 Å². The monoisotopic (exact) mass is 414 g/mol. The standard InChI is InChI=1S/C20H22N4O6/c1-29-16-4-2-15(3-5-16)21-8-10-22(11-9-21)19(25)14-12-23(13-14)20(26)17-6-7-18(30-17)24(27)28/h2-7,14H,8-13H2,1H3. The van der Waals surface area contributed by atoms with Crippen LogP contribution in [0, 0.1) is 16.0 Å². The van der Waals surface area contributed by atoms with E-state index < -0.39 is 16.7 Å². The van der Waals surface area contributed by atoms with Gasteiger partial charge in [-0.05, 0) is 30.3 Å². The lowest BCUT2D eigenvalue weighted by Gasteiger charge is -2.42. The number of methoxy groups -OCH3 is 1. The molecule has 2 saturated heterocycles. The molecule has 0 atom stereocenters. The van der Waals surface area contributed by atoms with Crippen LogP contribution in [0.2, 0.25) is 0 Å². The summed E-state index contributed by atoms with van der Waals surface area (Å²) < 4.78 is 10.1. The molecule has 0 unspecified atom stereocenters. The molecule has 1 aromatic heterocycles. The predicted molar refractivity (Wildman–Crippen MR) is 107 cm³/mol. The van der Waals surface area contributed by atoms with Crippen LogP contribution < -0.4 is 9.64 Å². The molecule has 0 N–H and O–H groups in total. The Morgan fingerprint density at radius 1 is 1.03 bits per heavy atom. The fourth-order valence-corrected chi connectivity index (χ4v) is 3.73. The first kappa shape index (κ1) is 19.7. The summed E-state index contributed by atoms with van der Waals surface area (Å²) in [4.78, 5) is 40.6. The summed E-state index contributed by atoms with van der Waals surface area (Å²) in [6.07, 6.45) is 0. The molecule has 0 radical (unpaired) electrons. The van der Waals surface area contributed by atoms with E-state index in [1.807, 2.05) is 29.2 Å². The second-order valence-electron chi connectivity index (χ2n) is 7.31. The van der Waals surface area contributed by atoms with Gasteiger partial charge in [-0.15, -0.1) is 0 Å². The molecule has 158 valence electrons. The number of hydrogen-bond donors (Lipinski definition) is 0. The van der Waals surface area contributed by atoms with Gasteiger partial charge in [0.15, 0.2) is 5.76 Å².